The number of hydrogen-bond acceptors (Lipinski definition) is 4. The van der Waals surface area contributed by atoms with Crippen molar-refractivity contribution in [3.05, 3.63) is 34.4 Å². The summed E-state index contributed by atoms with van der Waals surface area (Å²) in [5.41, 5.74) is 5.84. The molecule has 0 bridgehead atoms. The Morgan fingerprint density at radius 1 is 1.17 bits per heavy atom. The minimum Gasteiger partial charge on any atom is -0.358 e. The second kappa shape index (κ2) is 8.74. The SMILES string of the molecule is C[C@@H]1CCCC[C@@H]1NC(=S)NNC(=S)Nc1ccccc1[N+](=O)[O-]. The minimum absolute atomic E-state index is 0.0432. The summed E-state index contributed by atoms with van der Waals surface area (Å²) in [5, 5.41) is 17.7. The predicted octanol–water partition coefficient (Wildman–Crippen LogP) is 2.84. The third-order valence-electron chi connectivity index (χ3n) is 4.07. The highest BCUT2D eigenvalue weighted by Gasteiger charge is 2.21. The zero-order chi connectivity index (χ0) is 17.5. The number of nitro benzene ring substituents is 1. The van der Waals surface area contributed by atoms with E-state index in [1.165, 1.54) is 25.3 Å². The van der Waals surface area contributed by atoms with Gasteiger partial charge in [-0.2, -0.15) is 0 Å². The second-order valence-corrected chi connectivity index (χ2v) is 6.64. The van der Waals surface area contributed by atoms with E-state index in [4.69, 9.17) is 24.4 Å². The fourth-order valence-corrected chi connectivity index (χ4v) is 3.10. The van der Waals surface area contributed by atoms with Crippen LogP contribution in [0.5, 0.6) is 0 Å². The zero-order valence-electron chi connectivity index (χ0n) is 13.4. The van der Waals surface area contributed by atoms with Crippen molar-refractivity contribution in [2.24, 2.45) is 5.92 Å². The molecule has 0 aromatic heterocycles. The Morgan fingerprint density at radius 3 is 2.54 bits per heavy atom. The largest absolute Gasteiger partial charge is 0.358 e. The Balaban J connectivity index is 1.81. The summed E-state index contributed by atoms with van der Waals surface area (Å²) in [6.07, 6.45) is 4.77. The maximum atomic E-state index is 11.0. The maximum absolute atomic E-state index is 11.0. The van der Waals surface area contributed by atoms with Crippen LogP contribution in [-0.2, 0) is 0 Å². The van der Waals surface area contributed by atoms with Gasteiger partial charge >= 0.3 is 0 Å². The van der Waals surface area contributed by atoms with Gasteiger partial charge in [0.2, 0.25) is 0 Å². The van der Waals surface area contributed by atoms with Crippen molar-refractivity contribution in [2.45, 2.75) is 38.6 Å². The quantitative estimate of drug-likeness (QED) is 0.368. The number of nitrogens with one attached hydrogen (secondary N) is 4. The van der Waals surface area contributed by atoms with Gasteiger partial charge in [-0.1, -0.05) is 31.9 Å². The fraction of sp³-hybridized carbons (Fsp3) is 0.467. The standard InChI is InChI=1S/C15H21N5O2S2/c1-10-6-2-3-7-11(10)16-14(23)18-19-15(24)17-12-8-4-5-9-13(12)20(21)22/h4-5,8-11H,2-3,6-7H2,1H3,(H2,16,18,23)(H2,17,19,24)/t10-,11+/m1/s1. The number of nitro groups is 1. The van der Waals surface area contributed by atoms with Crippen molar-refractivity contribution in [3.63, 3.8) is 0 Å². The van der Waals surface area contributed by atoms with Crippen LogP contribution >= 0.6 is 24.4 Å². The van der Waals surface area contributed by atoms with Gasteiger partial charge in [-0.05, 0) is 49.3 Å². The van der Waals surface area contributed by atoms with E-state index in [-0.39, 0.29) is 10.8 Å². The van der Waals surface area contributed by atoms with Crippen molar-refractivity contribution in [1.82, 2.24) is 16.2 Å². The van der Waals surface area contributed by atoms with Crippen molar-refractivity contribution in [3.8, 4) is 0 Å². The van der Waals surface area contributed by atoms with E-state index < -0.39 is 4.92 Å². The molecule has 1 aromatic carbocycles. The molecule has 1 aliphatic carbocycles. The number of benzene rings is 1. The molecule has 24 heavy (non-hydrogen) atoms. The molecule has 1 aliphatic rings. The van der Waals surface area contributed by atoms with Crippen LogP contribution in [0.3, 0.4) is 0 Å². The zero-order valence-corrected chi connectivity index (χ0v) is 15.0. The van der Waals surface area contributed by atoms with Gasteiger partial charge in [0.1, 0.15) is 5.69 Å². The Kier molecular flexibility index (Phi) is 6.68. The molecule has 0 radical (unpaired) electrons. The van der Waals surface area contributed by atoms with E-state index >= 15 is 0 Å². The first kappa shape index (κ1) is 18.3. The van der Waals surface area contributed by atoms with Crippen molar-refractivity contribution >= 4 is 46.0 Å². The van der Waals surface area contributed by atoms with Crippen LogP contribution in [0.1, 0.15) is 32.6 Å². The van der Waals surface area contributed by atoms with E-state index in [2.05, 4.69) is 28.4 Å². The first-order valence-electron chi connectivity index (χ1n) is 7.84. The Morgan fingerprint density at radius 2 is 1.83 bits per heavy atom. The summed E-state index contributed by atoms with van der Waals surface area (Å²) in [6, 6.07) is 6.66. The molecule has 0 unspecified atom stereocenters. The lowest BCUT2D eigenvalue weighted by Crippen LogP contribution is -2.52. The molecule has 7 nitrogen and oxygen atoms in total. The normalized spacial score (nSPS) is 19.9. The highest BCUT2D eigenvalue weighted by molar-refractivity contribution is 7.80. The molecule has 1 aromatic rings. The van der Waals surface area contributed by atoms with Crippen molar-refractivity contribution in [2.75, 3.05) is 5.32 Å². The number of nitrogens with zero attached hydrogens (tertiary/aromatic N) is 1. The van der Waals surface area contributed by atoms with Gasteiger partial charge in [-0.25, -0.2) is 0 Å². The number of anilines is 1. The number of hydrazine groups is 1. The number of thiocarbonyl (C=S) groups is 2. The molecular formula is C15H21N5O2S2. The summed E-state index contributed by atoms with van der Waals surface area (Å²) >= 11 is 10.4. The van der Waals surface area contributed by atoms with E-state index in [9.17, 15) is 10.1 Å². The molecule has 0 spiro atoms. The smallest absolute Gasteiger partial charge is 0.292 e. The molecule has 0 heterocycles. The average Bonchev–Trinajstić information content (AvgIpc) is 2.55. The van der Waals surface area contributed by atoms with Crippen LogP contribution < -0.4 is 21.5 Å². The van der Waals surface area contributed by atoms with Crippen molar-refractivity contribution in [1.29, 1.82) is 0 Å². The molecule has 2 rings (SSSR count). The molecular weight excluding hydrogens is 346 g/mol. The Bertz CT molecular complexity index is 626. The molecule has 0 saturated heterocycles. The van der Waals surface area contributed by atoms with Crippen molar-refractivity contribution < 1.29 is 4.92 Å². The first-order chi connectivity index (χ1) is 11.5. The van der Waals surface area contributed by atoms with E-state index in [0.29, 0.717) is 22.8 Å². The minimum atomic E-state index is -0.463. The van der Waals surface area contributed by atoms with Gasteiger partial charge in [0.15, 0.2) is 10.2 Å². The topological polar surface area (TPSA) is 91.3 Å². The molecule has 1 fully saturated rings. The van der Waals surface area contributed by atoms with Crippen LogP contribution in [0, 0.1) is 16.0 Å². The van der Waals surface area contributed by atoms with Gasteiger partial charge in [0, 0.05) is 12.1 Å². The van der Waals surface area contributed by atoms with E-state index in [0.717, 1.165) is 6.42 Å². The van der Waals surface area contributed by atoms with Crippen LogP contribution in [0.25, 0.3) is 0 Å². The highest BCUT2D eigenvalue weighted by Crippen LogP contribution is 2.24. The average molecular weight is 368 g/mol. The third kappa shape index (κ3) is 5.27. The Labute approximate surface area is 151 Å². The fourth-order valence-electron chi connectivity index (χ4n) is 2.74. The van der Waals surface area contributed by atoms with Crippen LogP contribution in [0.2, 0.25) is 0 Å². The van der Waals surface area contributed by atoms with Gasteiger partial charge in [0.05, 0.1) is 4.92 Å². The summed E-state index contributed by atoms with van der Waals surface area (Å²) in [6.45, 7) is 2.22. The van der Waals surface area contributed by atoms with E-state index in [1.54, 1.807) is 18.2 Å². The maximum Gasteiger partial charge on any atom is 0.292 e. The van der Waals surface area contributed by atoms with Gasteiger partial charge in [-0.3, -0.25) is 21.0 Å². The van der Waals surface area contributed by atoms with Crippen LogP contribution in [0.4, 0.5) is 11.4 Å². The molecule has 9 heteroatoms. The summed E-state index contributed by atoms with van der Waals surface area (Å²) in [5.74, 6) is 0.579. The molecule has 0 amide bonds. The molecule has 1 saturated carbocycles. The third-order valence-corrected chi connectivity index (χ3v) is 4.49. The summed E-state index contributed by atoms with van der Waals surface area (Å²) in [7, 11) is 0. The predicted molar refractivity (Wildman–Crippen MR) is 103 cm³/mol. The molecule has 2 atom stereocenters. The second-order valence-electron chi connectivity index (χ2n) is 5.82. The summed E-state index contributed by atoms with van der Waals surface area (Å²) < 4.78 is 0. The van der Waals surface area contributed by atoms with Gasteiger partial charge < -0.3 is 10.6 Å². The molecule has 4 N–H and O–H groups in total. The lowest BCUT2D eigenvalue weighted by molar-refractivity contribution is -0.383. The van der Waals surface area contributed by atoms with Crippen LogP contribution in [-0.4, -0.2) is 21.2 Å². The van der Waals surface area contributed by atoms with Gasteiger partial charge in [0.25, 0.3) is 5.69 Å². The van der Waals surface area contributed by atoms with Crippen LogP contribution in [0.15, 0.2) is 24.3 Å². The lowest BCUT2D eigenvalue weighted by atomic mass is 9.86. The first-order valence-corrected chi connectivity index (χ1v) is 8.66. The monoisotopic (exact) mass is 367 g/mol. The highest BCUT2D eigenvalue weighted by atomic mass is 32.1. The number of hydrogen-bond donors (Lipinski definition) is 4. The Hall–Kier alpha value is -2.00. The number of para-hydroxylation sites is 2. The molecule has 130 valence electrons. The number of rotatable bonds is 3. The molecule has 0 aliphatic heterocycles. The van der Waals surface area contributed by atoms with E-state index in [1.807, 2.05) is 0 Å². The lowest BCUT2D eigenvalue weighted by Gasteiger charge is -2.30. The summed E-state index contributed by atoms with van der Waals surface area (Å²) in [4.78, 5) is 10.5. The van der Waals surface area contributed by atoms with Gasteiger partial charge in [-0.15, -0.1) is 0 Å².